The van der Waals surface area contributed by atoms with Gasteiger partial charge in [-0.15, -0.1) is 0 Å². The molecule has 2 radical (unpaired) electrons. The van der Waals surface area contributed by atoms with Gasteiger partial charge in [-0.05, 0) is 20.8 Å². The summed E-state index contributed by atoms with van der Waals surface area (Å²) in [6.45, 7) is 5.79. The molecule has 0 amide bonds. The Balaban J connectivity index is 3.72. The minimum atomic E-state index is -0.464. The Labute approximate surface area is 81.2 Å². The summed E-state index contributed by atoms with van der Waals surface area (Å²) in [5, 5.41) is 0. The number of hydrogen-bond donors (Lipinski definition) is 1. The largest absolute Gasteiger partial charge is 0.468 e. The number of carbonyl (C=O) groups is 1. The van der Waals surface area contributed by atoms with Gasteiger partial charge in [0.05, 0.1) is 7.11 Å². The monoisotopic (exact) mass is 206 g/mol. The zero-order valence-corrected chi connectivity index (χ0v) is 9.64. The second-order valence-electron chi connectivity index (χ2n) is 3.26. The van der Waals surface area contributed by atoms with E-state index in [0.29, 0.717) is 0 Å². The van der Waals surface area contributed by atoms with E-state index in [1.807, 2.05) is 20.8 Å². The Morgan fingerprint density at radius 1 is 1.50 bits per heavy atom. The highest BCUT2D eigenvalue weighted by Crippen LogP contribution is 2.07. The molecular weight excluding hydrogens is 192 g/mol. The van der Waals surface area contributed by atoms with Crippen molar-refractivity contribution in [3.05, 3.63) is 0 Å². The van der Waals surface area contributed by atoms with E-state index in [-0.39, 0.29) is 21.3 Å². The fraction of sp³-hybridized carbons (Fsp3) is 0.857. The first-order valence-electron chi connectivity index (χ1n) is 3.56. The van der Waals surface area contributed by atoms with Gasteiger partial charge in [-0.25, -0.2) is 0 Å². The lowest BCUT2D eigenvalue weighted by atomic mass is 10.2. The highest BCUT2D eigenvalue weighted by molar-refractivity contribution is 7.83. The predicted octanol–water partition coefficient (Wildman–Crippen LogP) is 0.850. The van der Waals surface area contributed by atoms with Crippen LogP contribution in [0.4, 0.5) is 0 Å². The SMILES string of the molecule is COC(=O)C(S)[Si]OC(C)(C)C. The fourth-order valence-electron chi connectivity index (χ4n) is 0.392. The number of methoxy groups -OCH3 is 1. The van der Waals surface area contributed by atoms with Crippen molar-refractivity contribution < 1.29 is 14.0 Å². The highest BCUT2D eigenvalue weighted by Gasteiger charge is 2.20. The fourth-order valence-corrected chi connectivity index (χ4v) is 1.34. The maximum Gasteiger partial charge on any atom is 0.317 e. The molecule has 0 N–H and O–H groups in total. The van der Waals surface area contributed by atoms with Crippen molar-refractivity contribution in [3.8, 4) is 0 Å². The lowest BCUT2D eigenvalue weighted by Gasteiger charge is -2.20. The number of thiol groups is 1. The van der Waals surface area contributed by atoms with Gasteiger partial charge in [-0.2, -0.15) is 12.6 Å². The van der Waals surface area contributed by atoms with E-state index in [2.05, 4.69) is 17.4 Å². The van der Waals surface area contributed by atoms with Crippen molar-refractivity contribution in [1.82, 2.24) is 0 Å². The molecule has 0 aromatic rings. The summed E-state index contributed by atoms with van der Waals surface area (Å²) in [5.74, 6) is -0.346. The number of hydrogen-bond acceptors (Lipinski definition) is 4. The van der Waals surface area contributed by atoms with Crippen LogP contribution < -0.4 is 0 Å². The lowest BCUT2D eigenvalue weighted by molar-refractivity contribution is -0.138. The van der Waals surface area contributed by atoms with Crippen LogP contribution in [0.25, 0.3) is 0 Å². The van der Waals surface area contributed by atoms with E-state index in [9.17, 15) is 4.79 Å². The molecule has 0 fully saturated rings. The second kappa shape index (κ2) is 4.89. The maximum absolute atomic E-state index is 10.9. The molecule has 0 aliphatic carbocycles. The molecule has 0 aromatic carbocycles. The third kappa shape index (κ3) is 5.62. The summed E-state index contributed by atoms with van der Waals surface area (Å²) in [4.78, 5) is 10.4. The molecule has 12 heavy (non-hydrogen) atoms. The van der Waals surface area contributed by atoms with Gasteiger partial charge in [-0.1, -0.05) is 0 Å². The quantitative estimate of drug-likeness (QED) is 0.422. The van der Waals surface area contributed by atoms with Crippen molar-refractivity contribution >= 4 is 28.4 Å². The molecule has 0 heterocycles. The minimum Gasteiger partial charge on any atom is -0.468 e. The van der Waals surface area contributed by atoms with Crippen LogP contribution in [-0.4, -0.2) is 33.3 Å². The van der Waals surface area contributed by atoms with E-state index in [0.717, 1.165) is 0 Å². The van der Waals surface area contributed by atoms with Crippen molar-refractivity contribution in [1.29, 1.82) is 0 Å². The summed E-state index contributed by atoms with van der Waals surface area (Å²) in [6.07, 6.45) is 0. The summed E-state index contributed by atoms with van der Waals surface area (Å²) >= 11 is 4.03. The third-order valence-corrected chi connectivity index (χ3v) is 2.62. The zero-order chi connectivity index (χ0) is 9.78. The van der Waals surface area contributed by atoms with Gasteiger partial charge in [0, 0.05) is 5.60 Å². The Bertz CT molecular complexity index is 155. The Kier molecular flexibility index (Phi) is 4.89. The van der Waals surface area contributed by atoms with E-state index >= 15 is 0 Å². The van der Waals surface area contributed by atoms with Crippen LogP contribution in [0.3, 0.4) is 0 Å². The molecule has 0 saturated carbocycles. The van der Waals surface area contributed by atoms with Crippen LogP contribution in [0.15, 0.2) is 0 Å². The van der Waals surface area contributed by atoms with Crippen LogP contribution in [0.2, 0.25) is 0 Å². The predicted molar refractivity (Wildman–Crippen MR) is 51.4 cm³/mol. The Morgan fingerprint density at radius 3 is 2.33 bits per heavy atom. The molecular formula is C7H14O3SSi. The topological polar surface area (TPSA) is 35.5 Å². The molecule has 70 valence electrons. The minimum absolute atomic E-state index is 0.0342. The van der Waals surface area contributed by atoms with Gasteiger partial charge in [0.25, 0.3) is 9.76 Å². The van der Waals surface area contributed by atoms with Gasteiger partial charge in [-0.3, -0.25) is 4.79 Å². The number of esters is 1. The molecule has 3 nitrogen and oxygen atoms in total. The van der Waals surface area contributed by atoms with Gasteiger partial charge in [0.15, 0.2) is 0 Å². The first-order valence-corrected chi connectivity index (χ1v) is 5.06. The molecule has 0 aromatic heterocycles. The third-order valence-electron chi connectivity index (χ3n) is 0.901. The molecule has 0 rings (SSSR count). The maximum atomic E-state index is 10.9. The standard InChI is InChI=1S/C7H14O3SSi/c1-7(2,3)10-12-6(11)5(8)9-4/h6,11H,1-4H3. The average Bonchev–Trinajstić information content (AvgIpc) is 1.97. The van der Waals surface area contributed by atoms with Gasteiger partial charge in [0.1, 0.15) is 4.87 Å². The first-order chi connectivity index (χ1) is 5.37. The summed E-state index contributed by atoms with van der Waals surface area (Å²) in [5.41, 5.74) is -0.229. The molecule has 5 heteroatoms. The molecule has 0 saturated heterocycles. The normalized spacial score (nSPS) is 14.1. The van der Waals surface area contributed by atoms with Gasteiger partial charge < -0.3 is 9.16 Å². The molecule has 1 atom stereocenters. The first kappa shape index (κ1) is 12.0. The van der Waals surface area contributed by atoms with E-state index in [1.54, 1.807) is 0 Å². The van der Waals surface area contributed by atoms with Crippen molar-refractivity contribution in [2.24, 2.45) is 0 Å². The molecule has 0 spiro atoms. The van der Waals surface area contributed by atoms with Crippen LogP contribution in [0.1, 0.15) is 20.8 Å². The average molecular weight is 206 g/mol. The van der Waals surface area contributed by atoms with E-state index in [1.165, 1.54) is 7.11 Å². The van der Waals surface area contributed by atoms with Crippen LogP contribution >= 0.6 is 12.6 Å². The summed E-state index contributed by atoms with van der Waals surface area (Å²) in [7, 11) is 1.37. The zero-order valence-electron chi connectivity index (χ0n) is 7.75. The van der Waals surface area contributed by atoms with Crippen LogP contribution in [0.5, 0.6) is 0 Å². The number of carbonyl (C=O) groups excluding carboxylic acids is 1. The van der Waals surface area contributed by atoms with Gasteiger partial charge in [0.2, 0.25) is 0 Å². The summed E-state index contributed by atoms with van der Waals surface area (Å²) < 4.78 is 9.85. The number of rotatable bonds is 3. The molecule has 0 aliphatic rings. The van der Waals surface area contributed by atoms with Crippen molar-refractivity contribution in [2.45, 2.75) is 31.2 Å². The highest BCUT2D eigenvalue weighted by atomic mass is 32.1. The molecule has 1 unspecified atom stereocenters. The smallest absolute Gasteiger partial charge is 0.317 e. The summed E-state index contributed by atoms with van der Waals surface area (Å²) in [6, 6.07) is 0. The Morgan fingerprint density at radius 2 is 2.00 bits per heavy atom. The number of ether oxygens (including phenoxy) is 1. The van der Waals surface area contributed by atoms with Crippen molar-refractivity contribution in [2.75, 3.05) is 7.11 Å². The van der Waals surface area contributed by atoms with E-state index in [4.69, 9.17) is 4.43 Å². The van der Waals surface area contributed by atoms with E-state index < -0.39 is 4.87 Å². The van der Waals surface area contributed by atoms with Gasteiger partial charge >= 0.3 is 5.97 Å². The lowest BCUT2D eigenvalue weighted by Crippen LogP contribution is -2.31. The van der Waals surface area contributed by atoms with Crippen LogP contribution in [-0.2, 0) is 14.0 Å². The molecule has 0 bridgehead atoms. The van der Waals surface area contributed by atoms with Crippen LogP contribution in [0, 0.1) is 0 Å². The molecule has 0 aliphatic heterocycles. The second-order valence-corrected chi connectivity index (χ2v) is 5.28. The van der Waals surface area contributed by atoms with Crippen molar-refractivity contribution in [3.63, 3.8) is 0 Å². The Hall–Kier alpha value is -0.00312.